The van der Waals surface area contributed by atoms with Gasteiger partial charge in [0.05, 0.1) is 13.3 Å². The van der Waals surface area contributed by atoms with Crippen LogP contribution in [0.4, 0.5) is 4.39 Å². The van der Waals surface area contributed by atoms with Gasteiger partial charge in [0.15, 0.2) is 0 Å². The summed E-state index contributed by atoms with van der Waals surface area (Å²) in [7, 11) is 1.56. The third-order valence-electron chi connectivity index (χ3n) is 2.00. The number of ether oxygens (including phenoxy) is 2. The molecule has 5 heteroatoms. The zero-order valence-corrected chi connectivity index (χ0v) is 10.6. The highest BCUT2D eigenvalue weighted by Gasteiger charge is 2.03. The van der Waals surface area contributed by atoms with Crippen molar-refractivity contribution < 1.29 is 13.9 Å². The molecule has 0 spiro atoms. The highest BCUT2D eigenvalue weighted by Crippen LogP contribution is 2.25. The van der Waals surface area contributed by atoms with Gasteiger partial charge in [-0.3, -0.25) is 0 Å². The van der Waals surface area contributed by atoms with E-state index in [2.05, 4.69) is 20.9 Å². The Morgan fingerprint density at radius 2 is 2.00 bits per heavy atom. The minimum absolute atomic E-state index is 0.372. The third kappa shape index (κ3) is 3.17. The van der Waals surface area contributed by atoms with Crippen LogP contribution in [-0.2, 0) is 0 Å². The smallest absolute Gasteiger partial charge is 0.219 e. The maximum atomic E-state index is 13.1. The number of benzene rings is 1. The molecule has 0 amide bonds. The molecule has 0 aliphatic heterocycles. The monoisotopic (exact) mass is 297 g/mol. The average Bonchev–Trinajstić information content (AvgIpc) is 2.28. The van der Waals surface area contributed by atoms with E-state index < -0.39 is 0 Å². The second-order valence-corrected chi connectivity index (χ2v) is 4.16. The van der Waals surface area contributed by atoms with Crippen LogP contribution in [0.25, 0.3) is 0 Å². The van der Waals surface area contributed by atoms with E-state index in [1.165, 1.54) is 18.3 Å². The zero-order chi connectivity index (χ0) is 12.3. The molecule has 88 valence electrons. The zero-order valence-electron chi connectivity index (χ0n) is 8.98. The molecule has 0 fully saturated rings. The highest BCUT2D eigenvalue weighted by atomic mass is 79.9. The van der Waals surface area contributed by atoms with Gasteiger partial charge in [0.1, 0.15) is 17.3 Å². The number of rotatable bonds is 3. The Hall–Kier alpha value is -1.62. The lowest BCUT2D eigenvalue weighted by Crippen LogP contribution is -1.90. The SMILES string of the molecule is COc1ccc(Oc2cc(F)cc(Br)c2)nc1. The van der Waals surface area contributed by atoms with Gasteiger partial charge in [0.25, 0.3) is 0 Å². The molecule has 0 unspecified atom stereocenters. The Morgan fingerprint density at radius 1 is 1.18 bits per heavy atom. The van der Waals surface area contributed by atoms with Crippen LogP contribution in [-0.4, -0.2) is 12.1 Å². The molecule has 2 aromatic rings. The van der Waals surface area contributed by atoms with Crippen LogP contribution in [0.3, 0.4) is 0 Å². The number of aromatic nitrogens is 1. The van der Waals surface area contributed by atoms with E-state index in [4.69, 9.17) is 9.47 Å². The van der Waals surface area contributed by atoms with Gasteiger partial charge in [-0.2, -0.15) is 0 Å². The lowest BCUT2D eigenvalue weighted by atomic mass is 10.3. The Bertz CT molecular complexity index is 496. The molecule has 0 bridgehead atoms. The lowest BCUT2D eigenvalue weighted by Gasteiger charge is -2.06. The topological polar surface area (TPSA) is 31.4 Å². The van der Waals surface area contributed by atoms with E-state index in [1.54, 1.807) is 25.3 Å². The molecular weight excluding hydrogens is 289 g/mol. The first-order chi connectivity index (χ1) is 8.17. The number of pyridine rings is 1. The highest BCUT2D eigenvalue weighted by molar-refractivity contribution is 9.10. The molecular formula is C12H9BrFNO2. The number of halogens is 2. The van der Waals surface area contributed by atoms with Crippen LogP contribution >= 0.6 is 15.9 Å². The van der Waals surface area contributed by atoms with Gasteiger partial charge in [-0.25, -0.2) is 9.37 Å². The summed E-state index contributed by atoms with van der Waals surface area (Å²) in [4.78, 5) is 4.02. The molecule has 0 saturated carbocycles. The summed E-state index contributed by atoms with van der Waals surface area (Å²) in [5.41, 5.74) is 0. The molecule has 1 aromatic heterocycles. The van der Waals surface area contributed by atoms with E-state index >= 15 is 0 Å². The quantitative estimate of drug-likeness (QED) is 0.864. The Morgan fingerprint density at radius 3 is 2.59 bits per heavy atom. The summed E-state index contributed by atoms with van der Waals surface area (Å²) in [5.74, 6) is 1.03. The van der Waals surface area contributed by atoms with Gasteiger partial charge < -0.3 is 9.47 Å². The minimum atomic E-state index is -0.372. The van der Waals surface area contributed by atoms with Gasteiger partial charge in [-0.15, -0.1) is 0 Å². The van der Waals surface area contributed by atoms with Crippen molar-refractivity contribution in [1.29, 1.82) is 0 Å². The summed E-state index contributed by atoms with van der Waals surface area (Å²) in [5, 5.41) is 0. The third-order valence-corrected chi connectivity index (χ3v) is 2.46. The van der Waals surface area contributed by atoms with Crippen molar-refractivity contribution in [2.24, 2.45) is 0 Å². The Labute approximate surface area is 106 Å². The van der Waals surface area contributed by atoms with Crippen molar-refractivity contribution in [2.75, 3.05) is 7.11 Å². The minimum Gasteiger partial charge on any atom is -0.495 e. The number of hydrogen-bond donors (Lipinski definition) is 0. The van der Waals surface area contributed by atoms with Crippen LogP contribution in [0.2, 0.25) is 0 Å². The number of nitrogens with zero attached hydrogens (tertiary/aromatic N) is 1. The first-order valence-electron chi connectivity index (χ1n) is 4.81. The first kappa shape index (κ1) is 11.9. The van der Waals surface area contributed by atoms with Crippen LogP contribution in [0.1, 0.15) is 0 Å². The van der Waals surface area contributed by atoms with Crippen molar-refractivity contribution in [3.05, 3.63) is 46.8 Å². The average molecular weight is 298 g/mol. The predicted molar refractivity (Wildman–Crippen MR) is 65.0 cm³/mol. The van der Waals surface area contributed by atoms with Crippen molar-refractivity contribution in [3.8, 4) is 17.4 Å². The normalized spacial score (nSPS) is 10.1. The maximum Gasteiger partial charge on any atom is 0.219 e. The lowest BCUT2D eigenvalue weighted by molar-refractivity contribution is 0.407. The molecule has 2 rings (SSSR count). The molecule has 1 aromatic carbocycles. The molecule has 3 nitrogen and oxygen atoms in total. The second-order valence-electron chi connectivity index (χ2n) is 3.24. The molecule has 0 aliphatic rings. The largest absolute Gasteiger partial charge is 0.495 e. The maximum absolute atomic E-state index is 13.1. The Balaban J connectivity index is 2.19. The van der Waals surface area contributed by atoms with Crippen molar-refractivity contribution in [1.82, 2.24) is 4.98 Å². The molecule has 0 N–H and O–H groups in total. The van der Waals surface area contributed by atoms with Crippen LogP contribution in [0.15, 0.2) is 41.0 Å². The van der Waals surface area contributed by atoms with Crippen molar-refractivity contribution in [2.45, 2.75) is 0 Å². The summed E-state index contributed by atoms with van der Waals surface area (Å²) in [6.45, 7) is 0. The van der Waals surface area contributed by atoms with Crippen molar-refractivity contribution in [3.63, 3.8) is 0 Å². The summed E-state index contributed by atoms with van der Waals surface area (Å²) in [6.07, 6.45) is 1.53. The fourth-order valence-corrected chi connectivity index (χ4v) is 1.70. The van der Waals surface area contributed by atoms with Gasteiger partial charge in [-0.05, 0) is 18.2 Å². The van der Waals surface area contributed by atoms with E-state index in [-0.39, 0.29) is 5.82 Å². The van der Waals surface area contributed by atoms with Crippen LogP contribution in [0, 0.1) is 5.82 Å². The van der Waals surface area contributed by atoms with E-state index in [0.717, 1.165) is 0 Å². The molecule has 0 atom stereocenters. The number of methoxy groups -OCH3 is 1. The molecule has 0 saturated heterocycles. The fraction of sp³-hybridized carbons (Fsp3) is 0.0833. The predicted octanol–water partition coefficient (Wildman–Crippen LogP) is 3.78. The molecule has 1 heterocycles. The van der Waals surface area contributed by atoms with Gasteiger partial charge >= 0.3 is 0 Å². The van der Waals surface area contributed by atoms with Gasteiger partial charge in [-0.1, -0.05) is 15.9 Å². The molecule has 0 aliphatic carbocycles. The van der Waals surface area contributed by atoms with Crippen molar-refractivity contribution >= 4 is 15.9 Å². The second kappa shape index (κ2) is 5.14. The summed E-state index contributed by atoms with van der Waals surface area (Å²) < 4.78 is 24.1. The standard InChI is InChI=1S/C12H9BrFNO2/c1-16-10-2-3-12(15-7-10)17-11-5-8(13)4-9(14)6-11/h2-7H,1H3. The summed E-state index contributed by atoms with van der Waals surface area (Å²) >= 11 is 3.19. The van der Waals surface area contributed by atoms with Gasteiger partial charge in [0.2, 0.25) is 5.88 Å². The fourth-order valence-electron chi connectivity index (χ4n) is 1.26. The first-order valence-corrected chi connectivity index (χ1v) is 5.60. The van der Waals surface area contributed by atoms with Crippen LogP contribution < -0.4 is 9.47 Å². The van der Waals surface area contributed by atoms with E-state index in [9.17, 15) is 4.39 Å². The van der Waals surface area contributed by atoms with E-state index in [1.807, 2.05) is 0 Å². The number of hydrogen-bond acceptors (Lipinski definition) is 3. The van der Waals surface area contributed by atoms with Crippen LogP contribution in [0.5, 0.6) is 17.4 Å². The van der Waals surface area contributed by atoms with E-state index in [0.29, 0.717) is 21.9 Å². The molecule has 0 radical (unpaired) electrons. The summed E-state index contributed by atoms with van der Waals surface area (Å²) in [6, 6.07) is 7.67. The Kier molecular flexibility index (Phi) is 3.58. The molecule has 17 heavy (non-hydrogen) atoms. The van der Waals surface area contributed by atoms with Gasteiger partial charge in [0, 0.05) is 16.6 Å².